The Kier molecular flexibility index (Phi) is 7.11. The molecule has 1 saturated carbocycles. The van der Waals surface area contributed by atoms with Crippen LogP contribution in [-0.4, -0.2) is 12.1 Å². The summed E-state index contributed by atoms with van der Waals surface area (Å²) in [5, 5.41) is 5.64. The smallest absolute Gasteiger partial charge is 0.319 e. The van der Waals surface area contributed by atoms with Gasteiger partial charge >= 0.3 is 6.03 Å². The van der Waals surface area contributed by atoms with Gasteiger partial charge in [-0.25, -0.2) is 9.18 Å². The molecular formula is C19H23FN2O. The molecule has 0 heterocycles. The Labute approximate surface area is 136 Å². The minimum absolute atomic E-state index is 0.205. The van der Waals surface area contributed by atoms with Gasteiger partial charge in [-0.15, -0.1) is 0 Å². The molecule has 0 spiro atoms. The predicted molar refractivity (Wildman–Crippen MR) is 91.9 cm³/mol. The first kappa shape index (κ1) is 17.0. The Balaban J connectivity index is 0.000000268. The van der Waals surface area contributed by atoms with Gasteiger partial charge in [-0.2, -0.15) is 0 Å². The first-order valence-corrected chi connectivity index (χ1v) is 8.07. The number of hydrogen-bond donors (Lipinski definition) is 2. The standard InChI is InChI=1S/C13H17FN2O.C6H6/c14-10-6-8-12(9-7-10)16-13(17)15-11-4-2-1-3-5-11;1-2-4-6-5-3-1/h6-9,11H,1-5H2,(H2,15,16,17);1-6H. The molecule has 0 bridgehead atoms. The number of halogens is 1. The number of urea groups is 1. The Morgan fingerprint density at radius 2 is 1.39 bits per heavy atom. The van der Waals surface area contributed by atoms with Gasteiger partial charge in [-0.3, -0.25) is 0 Å². The first-order valence-electron chi connectivity index (χ1n) is 8.07. The van der Waals surface area contributed by atoms with E-state index < -0.39 is 0 Å². The average Bonchev–Trinajstić information content (AvgIpc) is 2.60. The molecule has 0 atom stereocenters. The number of rotatable bonds is 2. The fraction of sp³-hybridized carbons (Fsp3) is 0.316. The van der Waals surface area contributed by atoms with Crippen molar-refractivity contribution in [2.24, 2.45) is 0 Å². The second kappa shape index (κ2) is 9.62. The zero-order valence-corrected chi connectivity index (χ0v) is 13.2. The normalized spacial score (nSPS) is 14.3. The highest BCUT2D eigenvalue weighted by Crippen LogP contribution is 2.17. The molecule has 4 heteroatoms. The molecule has 2 aromatic rings. The molecule has 0 unspecified atom stereocenters. The highest BCUT2D eigenvalue weighted by atomic mass is 19.1. The van der Waals surface area contributed by atoms with E-state index in [0.29, 0.717) is 5.69 Å². The highest BCUT2D eigenvalue weighted by Gasteiger charge is 2.15. The van der Waals surface area contributed by atoms with Gasteiger partial charge in [0.25, 0.3) is 0 Å². The number of anilines is 1. The van der Waals surface area contributed by atoms with Crippen molar-refractivity contribution >= 4 is 11.7 Å². The van der Waals surface area contributed by atoms with Crippen LogP contribution in [0.5, 0.6) is 0 Å². The van der Waals surface area contributed by atoms with Crippen LogP contribution in [0.4, 0.5) is 14.9 Å². The molecule has 0 aromatic heterocycles. The Hall–Kier alpha value is -2.36. The van der Waals surface area contributed by atoms with Crippen molar-refractivity contribution in [3.05, 3.63) is 66.5 Å². The number of amides is 2. The minimum Gasteiger partial charge on any atom is -0.335 e. The molecule has 3 nitrogen and oxygen atoms in total. The van der Waals surface area contributed by atoms with Crippen LogP contribution in [0.1, 0.15) is 32.1 Å². The number of carbonyl (C=O) groups is 1. The van der Waals surface area contributed by atoms with Crippen LogP contribution >= 0.6 is 0 Å². The molecular weight excluding hydrogens is 291 g/mol. The molecule has 2 aromatic carbocycles. The van der Waals surface area contributed by atoms with Crippen molar-refractivity contribution in [2.45, 2.75) is 38.1 Å². The maximum atomic E-state index is 12.7. The van der Waals surface area contributed by atoms with Gasteiger partial charge in [0.2, 0.25) is 0 Å². The minimum atomic E-state index is -0.303. The fourth-order valence-electron chi connectivity index (χ4n) is 2.52. The summed E-state index contributed by atoms with van der Waals surface area (Å²) in [7, 11) is 0. The summed E-state index contributed by atoms with van der Waals surface area (Å²) in [6, 6.07) is 17.8. The predicted octanol–water partition coefficient (Wildman–Crippen LogP) is 4.97. The summed E-state index contributed by atoms with van der Waals surface area (Å²) in [5.41, 5.74) is 0.611. The second-order valence-corrected chi connectivity index (χ2v) is 5.59. The summed E-state index contributed by atoms with van der Waals surface area (Å²) in [6.07, 6.45) is 5.73. The lowest BCUT2D eigenvalue weighted by Crippen LogP contribution is -2.38. The Morgan fingerprint density at radius 3 is 1.91 bits per heavy atom. The molecule has 3 rings (SSSR count). The van der Waals surface area contributed by atoms with Crippen LogP contribution in [0.15, 0.2) is 60.7 Å². The van der Waals surface area contributed by atoms with E-state index in [1.54, 1.807) is 12.1 Å². The largest absolute Gasteiger partial charge is 0.335 e. The molecule has 1 aliphatic rings. The van der Waals surface area contributed by atoms with E-state index in [0.717, 1.165) is 12.8 Å². The number of carbonyl (C=O) groups excluding carboxylic acids is 1. The first-order chi connectivity index (χ1) is 11.2. The molecule has 122 valence electrons. The Bertz CT molecular complexity index is 539. The van der Waals surface area contributed by atoms with Crippen LogP contribution in [0, 0.1) is 5.82 Å². The lowest BCUT2D eigenvalue weighted by atomic mass is 9.96. The third-order valence-corrected chi connectivity index (χ3v) is 3.71. The third-order valence-electron chi connectivity index (χ3n) is 3.71. The van der Waals surface area contributed by atoms with Gasteiger partial charge in [0, 0.05) is 11.7 Å². The van der Waals surface area contributed by atoms with Crippen molar-refractivity contribution in [1.29, 1.82) is 0 Å². The van der Waals surface area contributed by atoms with Crippen LogP contribution in [-0.2, 0) is 0 Å². The summed E-state index contributed by atoms with van der Waals surface area (Å²) >= 11 is 0. The van der Waals surface area contributed by atoms with Gasteiger partial charge in [0.1, 0.15) is 5.82 Å². The van der Waals surface area contributed by atoms with Crippen LogP contribution in [0.2, 0.25) is 0 Å². The van der Waals surface area contributed by atoms with Crippen LogP contribution in [0.3, 0.4) is 0 Å². The maximum absolute atomic E-state index is 12.7. The highest BCUT2D eigenvalue weighted by molar-refractivity contribution is 5.89. The van der Waals surface area contributed by atoms with E-state index in [1.165, 1.54) is 31.4 Å². The molecule has 0 saturated heterocycles. The van der Waals surface area contributed by atoms with Crippen molar-refractivity contribution in [2.75, 3.05) is 5.32 Å². The fourth-order valence-corrected chi connectivity index (χ4v) is 2.52. The van der Waals surface area contributed by atoms with E-state index in [1.807, 2.05) is 36.4 Å². The summed E-state index contributed by atoms with van der Waals surface area (Å²) in [6.45, 7) is 0. The van der Waals surface area contributed by atoms with E-state index in [4.69, 9.17) is 0 Å². The zero-order valence-electron chi connectivity index (χ0n) is 13.2. The zero-order chi connectivity index (χ0) is 16.3. The van der Waals surface area contributed by atoms with Crippen molar-refractivity contribution in [1.82, 2.24) is 5.32 Å². The Morgan fingerprint density at radius 1 is 0.870 bits per heavy atom. The summed E-state index contributed by atoms with van der Waals surface area (Å²) < 4.78 is 12.7. The summed E-state index contributed by atoms with van der Waals surface area (Å²) in [5.74, 6) is -0.303. The van der Waals surface area contributed by atoms with E-state index in [2.05, 4.69) is 10.6 Å². The maximum Gasteiger partial charge on any atom is 0.319 e. The van der Waals surface area contributed by atoms with Gasteiger partial charge in [0.05, 0.1) is 0 Å². The molecule has 0 aliphatic heterocycles. The van der Waals surface area contributed by atoms with E-state index in [-0.39, 0.29) is 17.9 Å². The topological polar surface area (TPSA) is 41.1 Å². The van der Waals surface area contributed by atoms with Crippen molar-refractivity contribution in [3.63, 3.8) is 0 Å². The average molecular weight is 314 g/mol. The second-order valence-electron chi connectivity index (χ2n) is 5.59. The third kappa shape index (κ3) is 6.96. The lowest BCUT2D eigenvalue weighted by molar-refractivity contribution is 0.244. The molecule has 23 heavy (non-hydrogen) atoms. The number of hydrogen-bond acceptors (Lipinski definition) is 1. The van der Waals surface area contributed by atoms with Crippen LogP contribution in [0.25, 0.3) is 0 Å². The molecule has 2 amide bonds. The SMILES string of the molecule is O=C(Nc1ccc(F)cc1)NC1CCCCC1.c1ccccc1. The lowest BCUT2D eigenvalue weighted by Gasteiger charge is -2.22. The molecule has 1 fully saturated rings. The number of benzene rings is 2. The summed E-state index contributed by atoms with van der Waals surface area (Å²) in [4.78, 5) is 11.6. The quantitative estimate of drug-likeness (QED) is 0.807. The number of nitrogens with one attached hydrogen (secondary N) is 2. The van der Waals surface area contributed by atoms with Gasteiger partial charge < -0.3 is 10.6 Å². The monoisotopic (exact) mass is 314 g/mol. The van der Waals surface area contributed by atoms with Gasteiger partial charge in [-0.05, 0) is 37.1 Å². The molecule has 0 radical (unpaired) electrons. The van der Waals surface area contributed by atoms with Gasteiger partial charge in [0.15, 0.2) is 0 Å². The van der Waals surface area contributed by atoms with Crippen molar-refractivity contribution < 1.29 is 9.18 Å². The van der Waals surface area contributed by atoms with E-state index in [9.17, 15) is 9.18 Å². The molecule has 2 N–H and O–H groups in total. The van der Waals surface area contributed by atoms with E-state index >= 15 is 0 Å². The van der Waals surface area contributed by atoms with Gasteiger partial charge in [-0.1, -0.05) is 55.7 Å². The van der Waals surface area contributed by atoms with Crippen molar-refractivity contribution in [3.8, 4) is 0 Å². The van der Waals surface area contributed by atoms with Crippen LogP contribution < -0.4 is 10.6 Å². The molecule has 1 aliphatic carbocycles.